The Hall–Kier alpha value is -1.56. The number of benzene rings is 1. The number of aromatic hydroxyl groups is 2. The van der Waals surface area contributed by atoms with E-state index in [1.54, 1.807) is 0 Å². The lowest BCUT2D eigenvalue weighted by atomic mass is 10.2. The van der Waals surface area contributed by atoms with Crippen LogP contribution in [0.25, 0.3) is 0 Å². The third kappa shape index (κ3) is 6.24. The first-order chi connectivity index (χ1) is 8.56. The average Bonchev–Trinajstić information content (AvgIpc) is 2.40. The van der Waals surface area contributed by atoms with Crippen LogP contribution in [0, 0.1) is 0 Å². The quantitative estimate of drug-likeness (QED) is 0.385. The number of aldehydes is 1. The zero-order chi connectivity index (χ0) is 14.0. The summed E-state index contributed by atoms with van der Waals surface area (Å²) >= 11 is 3.20. The van der Waals surface area contributed by atoms with Gasteiger partial charge in [0.15, 0.2) is 17.8 Å². The van der Waals surface area contributed by atoms with E-state index in [0.717, 1.165) is 11.8 Å². The normalized spacial score (nSPS) is 9.00. The summed E-state index contributed by atoms with van der Waals surface area (Å²) in [4.78, 5) is 20.4. The van der Waals surface area contributed by atoms with Crippen LogP contribution in [0.3, 0.4) is 0 Å². The van der Waals surface area contributed by atoms with Gasteiger partial charge in [0.1, 0.15) is 0 Å². The second-order valence-electron chi connectivity index (χ2n) is 3.20. The highest BCUT2D eigenvalue weighted by molar-refractivity contribution is 9.09. The van der Waals surface area contributed by atoms with Gasteiger partial charge in [0, 0.05) is 11.8 Å². The van der Waals surface area contributed by atoms with Crippen LogP contribution < -0.4 is 0 Å². The Morgan fingerprint density at radius 2 is 2.11 bits per heavy atom. The molecule has 0 saturated carbocycles. The van der Waals surface area contributed by atoms with Gasteiger partial charge in [-0.2, -0.15) is 0 Å². The van der Waals surface area contributed by atoms with Crippen LogP contribution in [0.1, 0.15) is 23.2 Å². The fourth-order valence-electron chi connectivity index (χ4n) is 0.957. The molecule has 0 aliphatic carbocycles. The number of carbonyl (C=O) groups excluding carboxylic acids is 2. The molecule has 2 N–H and O–H groups in total. The summed E-state index contributed by atoms with van der Waals surface area (Å²) in [6.45, 7) is 0. The Kier molecular flexibility index (Phi) is 8.65. The molecule has 0 heterocycles. The molecule has 1 aromatic rings. The first kappa shape index (κ1) is 16.4. The highest BCUT2D eigenvalue weighted by Crippen LogP contribution is 2.26. The van der Waals surface area contributed by atoms with Crippen molar-refractivity contribution in [1.82, 2.24) is 0 Å². The number of alkyl halides is 1. The van der Waals surface area contributed by atoms with Gasteiger partial charge in [-0.25, -0.2) is 0 Å². The number of phenolic OH excluding ortho intramolecular Hbond substituents is 2. The monoisotopic (exact) mass is 318 g/mol. The lowest BCUT2D eigenvalue weighted by Gasteiger charge is -1.97. The standard InChI is InChI=1S/C7H6O3.C5H9BrO2/c8-4-5-2-1-3-6(9)7(5)10;1-8-5(7)3-2-4-6/h1-4,9-10H;2-4H2,1H3. The van der Waals surface area contributed by atoms with E-state index in [1.165, 1.54) is 25.3 Å². The number of hydrogen-bond donors (Lipinski definition) is 2. The van der Waals surface area contributed by atoms with Crippen molar-refractivity contribution >= 4 is 28.2 Å². The maximum Gasteiger partial charge on any atom is 0.305 e. The van der Waals surface area contributed by atoms with Gasteiger partial charge in [-0.15, -0.1) is 0 Å². The minimum Gasteiger partial charge on any atom is -0.504 e. The number of halogens is 1. The number of esters is 1. The lowest BCUT2D eigenvalue weighted by molar-refractivity contribution is -0.140. The van der Waals surface area contributed by atoms with E-state index in [9.17, 15) is 9.59 Å². The Bertz CT molecular complexity index is 392. The summed E-state index contributed by atoms with van der Waals surface area (Å²) < 4.78 is 4.39. The molecule has 0 aromatic heterocycles. The maximum absolute atomic E-state index is 10.3. The molecule has 0 unspecified atom stereocenters. The van der Waals surface area contributed by atoms with E-state index in [-0.39, 0.29) is 23.0 Å². The number of methoxy groups -OCH3 is 1. The summed E-state index contributed by atoms with van der Waals surface area (Å²) in [7, 11) is 1.40. The molecule has 100 valence electrons. The first-order valence-corrected chi connectivity index (χ1v) is 6.27. The van der Waals surface area contributed by atoms with Gasteiger partial charge in [0.25, 0.3) is 0 Å². The first-order valence-electron chi connectivity index (χ1n) is 5.15. The Morgan fingerprint density at radius 1 is 1.44 bits per heavy atom. The molecule has 0 aliphatic rings. The van der Waals surface area contributed by atoms with Crippen molar-refractivity contribution in [1.29, 1.82) is 0 Å². The van der Waals surface area contributed by atoms with Crippen LogP contribution in [-0.4, -0.2) is 34.9 Å². The molecule has 0 saturated heterocycles. The van der Waals surface area contributed by atoms with Crippen LogP contribution in [0.5, 0.6) is 11.5 Å². The zero-order valence-corrected chi connectivity index (χ0v) is 11.5. The summed E-state index contributed by atoms with van der Waals surface area (Å²) in [5.41, 5.74) is 0.0972. The molecule has 0 atom stereocenters. The van der Waals surface area contributed by atoms with Gasteiger partial charge in [-0.3, -0.25) is 9.59 Å². The molecule has 0 fully saturated rings. The second-order valence-corrected chi connectivity index (χ2v) is 3.99. The zero-order valence-electron chi connectivity index (χ0n) is 9.93. The van der Waals surface area contributed by atoms with Crippen molar-refractivity contribution in [2.24, 2.45) is 0 Å². The van der Waals surface area contributed by atoms with Gasteiger partial charge in [0.2, 0.25) is 0 Å². The van der Waals surface area contributed by atoms with Crippen molar-refractivity contribution in [3.8, 4) is 11.5 Å². The molecule has 0 bridgehead atoms. The van der Waals surface area contributed by atoms with E-state index in [2.05, 4.69) is 20.7 Å². The van der Waals surface area contributed by atoms with Crippen LogP contribution in [-0.2, 0) is 9.53 Å². The second kappa shape index (κ2) is 9.47. The molecule has 6 heteroatoms. The summed E-state index contributed by atoms with van der Waals surface area (Å²) in [6, 6.07) is 4.21. The van der Waals surface area contributed by atoms with Gasteiger partial charge in [-0.1, -0.05) is 22.0 Å². The van der Waals surface area contributed by atoms with Crippen molar-refractivity contribution in [3.05, 3.63) is 23.8 Å². The van der Waals surface area contributed by atoms with Crippen molar-refractivity contribution in [3.63, 3.8) is 0 Å². The van der Waals surface area contributed by atoms with Crippen molar-refractivity contribution in [2.45, 2.75) is 12.8 Å². The predicted molar refractivity (Wildman–Crippen MR) is 70.2 cm³/mol. The fraction of sp³-hybridized carbons (Fsp3) is 0.333. The number of phenols is 2. The van der Waals surface area contributed by atoms with Gasteiger partial charge >= 0.3 is 5.97 Å². The van der Waals surface area contributed by atoms with Crippen LogP contribution in [0.4, 0.5) is 0 Å². The third-order valence-corrected chi connectivity index (χ3v) is 2.48. The molecule has 0 spiro atoms. The molecule has 0 radical (unpaired) electrons. The van der Waals surface area contributed by atoms with E-state index < -0.39 is 0 Å². The molecular formula is C12H15BrO5. The molecule has 18 heavy (non-hydrogen) atoms. The Balaban J connectivity index is 0.000000331. The minimum absolute atomic E-state index is 0.0972. The van der Waals surface area contributed by atoms with E-state index >= 15 is 0 Å². The number of hydrogen-bond acceptors (Lipinski definition) is 5. The third-order valence-electron chi connectivity index (χ3n) is 1.92. The Labute approximate surface area is 114 Å². The largest absolute Gasteiger partial charge is 0.504 e. The maximum atomic E-state index is 10.3. The SMILES string of the molecule is COC(=O)CCCBr.O=Cc1cccc(O)c1O. The molecule has 0 amide bonds. The number of ether oxygens (including phenoxy) is 1. The molecule has 1 rings (SSSR count). The molecule has 0 aliphatic heterocycles. The molecule has 5 nitrogen and oxygen atoms in total. The van der Waals surface area contributed by atoms with Gasteiger partial charge in [0.05, 0.1) is 12.7 Å². The predicted octanol–water partition coefficient (Wildman–Crippen LogP) is 2.24. The van der Waals surface area contributed by atoms with Gasteiger partial charge < -0.3 is 14.9 Å². The van der Waals surface area contributed by atoms with Crippen LogP contribution >= 0.6 is 15.9 Å². The van der Waals surface area contributed by atoms with Crippen LogP contribution in [0.2, 0.25) is 0 Å². The average molecular weight is 319 g/mol. The van der Waals surface area contributed by atoms with E-state index in [0.29, 0.717) is 12.7 Å². The van der Waals surface area contributed by atoms with Crippen LogP contribution in [0.15, 0.2) is 18.2 Å². The topological polar surface area (TPSA) is 83.8 Å². The van der Waals surface area contributed by atoms with Gasteiger partial charge in [-0.05, 0) is 18.6 Å². The Morgan fingerprint density at radius 3 is 2.56 bits per heavy atom. The van der Waals surface area contributed by atoms with E-state index in [4.69, 9.17) is 10.2 Å². The summed E-state index contributed by atoms with van der Waals surface area (Å²) in [5, 5.41) is 18.6. The number of rotatable bonds is 4. The number of carbonyl (C=O) groups is 2. The highest BCUT2D eigenvalue weighted by Gasteiger charge is 2.02. The highest BCUT2D eigenvalue weighted by atomic mass is 79.9. The van der Waals surface area contributed by atoms with Crippen molar-refractivity contribution in [2.75, 3.05) is 12.4 Å². The smallest absolute Gasteiger partial charge is 0.305 e. The lowest BCUT2D eigenvalue weighted by Crippen LogP contribution is -1.99. The summed E-state index contributed by atoms with van der Waals surface area (Å²) in [6.07, 6.45) is 1.85. The molecule has 1 aromatic carbocycles. The number of para-hydroxylation sites is 1. The van der Waals surface area contributed by atoms with Crippen molar-refractivity contribution < 1.29 is 24.5 Å². The fourth-order valence-corrected chi connectivity index (χ4v) is 1.24. The van der Waals surface area contributed by atoms with E-state index in [1.807, 2.05) is 0 Å². The minimum atomic E-state index is -0.363. The summed E-state index contributed by atoms with van der Waals surface area (Å²) in [5.74, 6) is -0.772. The molecular weight excluding hydrogens is 304 g/mol.